The molecule has 0 bridgehead atoms. The van der Waals surface area contributed by atoms with E-state index in [4.69, 9.17) is 14.5 Å². The first-order valence-electron chi connectivity index (χ1n) is 16.9. The van der Waals surface area contributed by atoms with Gasteiger partial charge in [-0.1, -0.05) is 12.8 Å². The van der Waals surface area contributed by atoms with Crippen molar-refractivity contribution < 1.29 is 44.2 Å². The van der Waals surface area contributed by atoms with Crippen molar-refractivity contribution in [2.75, 3.05) is 48.6 Å². The van der Waals surface area contributed by atoms with Crippen molar-refractivity contribution >= 4 is 32.5 Å². The van der Waals surface area contributed by atoms with Crippen LogP contribution in [0.1, 0.15) is 67.8 Å². The van der Waals surface area contributed by atoms with Crippen LogP contribution in [0, 0.1) is 5.92 Å². The highest BCUT2D eigenvalue weighted by molar-refractivity contribution is 7.90. The minimum absolute atomic E-state index is 0.0242. The van der Waals surface area contributed by atoms with E-state index in [9.17, 15) is 34.8 Å². The Hall–Kier alpha value is -4.34. The second-order valence-electron chi connectivity index (χ2n) is 13.0. The zero-order valence-electron chi connectivity index (χ0n) is 29.3. The largest absolute Gasteiger partial charge is 0.497 e. The highest BCUT2D eigenvalue weighted by atomic mass is 32.2. The smallest absolute Gasteiger partial charge is 0.416 e. The molecule has 0 saturated heterocycles. The molecule has 2 aromatic carbocycles. The monoisotopic (exact) mass is 753 g/mol. The highest BCUT2D eigenvalue weighted by Crippen LogP contribution is 2.40. The summed E-state index contributed by atoms with van der Waals surface area (Å²) in [5.74, 6) is 1.23. The lowest BCUT2D eigenvalue weighted by atomic mass is 9.99. The van der Waals surface area contributed by atoms with Crippen LogP contribution in [-0.2, 0) is 28.7 Å². The Labute approximate surface area is 298 Å². The molecule has 4 aromatic rings. The van der Waals surface area contributed by atoms with Crippen LogP contribution in [0.2, 0.25) is 0 Å². The minimum Gasteiger partial charge on any atom is -0.497 e. The summed E-state index contributed by atoms with van der Waals surface area (Å²) in [6, 6.07) is 9.02. The zero-order chi connectivity index (χ0) is 37.8. The molecule has 1 unspecified atom stereocenters. The predicted molar refractivity (Wildman–Crippen MR) is 186 cm³/mol. The molecule has 1 aliphatic carbocycles. The topological polar surface area (TPSA) is 97.7 Å². The molecule has 2 heterocycles. The molecular weight excluding hydrogens is 712 g/mol. The first-order valence-corrected chi connectivity index (χ1v) is 18.9. The number of alkyl halides is 6. The van der Waals surface area contributed by atoms with Crippen molar-refractivity contribution in [3.8, 4) is 11.6 Å². The summed E-state index contributed by atoms with van der Waals surface area (Å²) >= 11 is 0. The number of methoxy groups -OCH3 is 1. The molecule has 1 aliphatic rings. The molecule has 282 valence electrons. The van der Waals surface area contributed by atoms with Crippen LogP contribution in [0.15, 0.2) is 54.7 Å². The number of hydrogen-bond donors (Lipinski definition) is 0. The molecule has 1 saturated carbocycles. The van der Waals surface area contributed by atoms with Gasteiger partial charge in [0.25, 0.3) is 0 Å². The lowest BCUT2D eigenvalue weighted by molar-refractivity contribution is -0.143. The van der Waals surface area contributed by atoms with Gasteiger partial charge in [-0.2, -0.15) is 31.3 Å². The molecule has 2 aromatic heterocycles. The Balaban J connectivity index is 1.67. The van der Waals surface area contributed by atoms with Crippen molar-refractivity contribution in [3.05, 3.63) is 77.0 Å². The fraction of sp³-hybridized carbons (Fsp3) is 0.472. The minimum atomic E-state index is -5.05. The third-order valence-corrected chi connectivity index (χ3v) is 10.1. The summed E-state index contributed by atoms with van der Waals surface area (Å²) in [6.45, 7) is 4.47. The maximum Gasteiger partial charge on any atom is 0.416 e. The van der Waals surface area contributed by atoms with Crippen molar-refractivity contribution in [1.29, 1.82) is 0 Å². The number of anilines is 2. The van der Waals surface area contributed by atoms with Gasteiger partial charge in [0, 0.05) is 42.6 Å². The number of rotatable bonds is 14. The molecule has 1 atom stereocenters. The first-order chi connectivity index (χ1) is 24.4. The van der Waals surface area contributed by atoms with Gasteiger partial charge in [-0.3, -0.25) is 0 Å². The van der Waals surface area contributed by atoms with Crippen LogP contribution >= 0.6 is 0 Å². The number of halogens is 6. The normalized spacial score (nSPS) is 14.8. The van der Waals surface area contributed by atoms with Crippen molar-refractivity contribution in [3.63, 3.8) is 0 Å². The van der Waals surface area contributed by atoms with Gasteiger partial charge < -0.3 is 19.3 Å². The number of nitrogens with zero attached hydrogens (tertiary/aromatic N) is 5. The van der Waals surface area contributed by atoms with E-state index in [0.29, 0.717) is 52.6 Å². The van der Waals surface area contributed by atoms with Gasteiger partial charge in [-0.15, -0.1) is 0 Å². The van der Waals surface area contributed by atoms with Crippen LogP contribution in [0.3, 0.4) is 0 Å². The molecule has 0 radical (unpaired) electrons. The van der Waals surface area contributed by atoms with Gasteiger partial charge in [0.2, 0.25) is 11.8 Å². The third-order valence-electron chi connectivity index (χ3n) is 9.19. The van der Waals surface area contributed by atoms with E-state index in [1.165, 1.54) is 31.2 Å². The molecule has 0 spiro atoms. The Morgan fingerprint density at radius 3 is 2.21 bits per heavy atom. The number of hydrogen-bond acceptors (Lipinski definition) is 9. The number of aromatic nitrogens is 3. The molecule has 16 heteroatoms. The quantitative estimate of drug-likeness (QED) is 0.118. The van der Waals surface area contributed by atoms with E-state index < -0.39 is 39.4 Å². The van der Waals surface area contributed by atoms with Gasteiger partial charge in [-0.25, -0.2) is 18.4 Å². The molecule has 52 heavy (non-hydrogen) atoms. The van der Waals surface area contributed by atoms with E-state index >= 15 is 0 Å². The van der Waals surface area contributed by atoms with E-state index in [0.717, 1.165) is 38.5 Å². The Morgan fingerprint density at radius 1 is 0.942 bits per heavy atom. The van der Waals surface area contributed by atoms with E-state index in [1.807, 2.05) is 19.1 Å². The SMILES string of the molecule is CCN(CC1CCCC1)c1nc2ccc(OC)cc2cc1CN(c1nccc(OCCS(C)(=O)=O)n1)C(C)c1cc(C(F)(F)F)cc(C(F)(F)F)c1. The standard InChI is InChI=1S/C36H41F6N5O4S/c1-5-46(21-24-8-6-7-9-24)33-27(16-26-19-30(50-3)10-11-31(26)44-33)22-47(34-43-13-12-32(45-34)51-14-15-52(4,48)49)23(2)25-17-28(35(37,38)39)20-29(18-25)36(40,41)42/h10-13,16-20,23-24H,5-9,14-15,21-22H2,1-4H3. The molecular formula is C36H41F6N5O4S. The van der Waals surface area contributed by atoms with Gasteiger partial charge >= 0.3 is 12.4 Å². The maximum absolute atomic E-state index is 14.0. The molecule has 9 nitrogen and oxygen atoms in total. The third kappa shape index (κ3) is 9.75. The molecule has 0 N–H and O–H groups in total. The number of fused-ring (bicyclic) bond motifs is 1. The summed E-state index contributed by atoms with van der Waals surface area (Å²) in [7, 11) is -1.85. The van der Waals surface area contributed by atoms with Crippen LogP contribution in [0.5, 0.6) is 11.6 Å². The fourth-order valence-electron chi connectivity index (χ4n) is 6.39. The number of pyridine rings is 1. The van der Waals surface area contributed by atoms with E-state index in [2.05, 4.69) is 14.9 Å². The summed E-state index contributed by atoms with van der Waals surface area (Å²) < 4.78 is 118. The van der Waals surface area contributed by atoms with Crippen LogP contribution < -0.4 is 19.3 Å². The molecule has 5 rings (SSSR count). The maximum atomic E-state index is 14.0. The van der Waals surface area contributed by atoms with Gasteiger partial charge in [0.15, 0.2) is 9.84 Å². The second-order valence-corrected chi connectivity index (χ2v) is 15.3. The molecule has 0 aliphatic heterocycles. The van der Waals surface area contributed by atoms with Crippen LogP contribution in [0.25, 0.3) is 10.9 Å². The number of benzene rings is 2. The van der Waals surface area contributed by atoms with Gasteiger partial charge in [0.1, 0.15) is 18.2 Å². The van der Waals surface area contributed by atoms with Crippen molar-refractivity contribution in [2.45, 2.75) is 64.5 Å². The van der Waals surface area contributed by atoms with Gasteiger partial charge in [-0.05, 0) is 80.6 Å². The lowest BCUT2D eigenvalue weighted by Gasteiger charge is -2.33. The molecule has 1 fully saturated rings. The average molecular weight is 754 g/mol. The molecule has 0 amide bonds. The highest BCUT2D eigenvalue weighted by Gasteiger charge is 2.38. The fourth-order valence-corrected chi connectivity index (χ4v) is 6.77. The van der Waals surface area contributed by atoms with Crippen LogP contribution in [-0.4, -0.2) is 62.2 Å². The average Bonchev–Trinajstić information content (AvgIpc) is 3.60. The summed E-state index contributed by atoms with van der Waals surface area (Å²) in [5.41, 5.74) is -1.87. The summed E-state index contributed by atoms with van der Waals surface area (Å²) in [4.78, 5) is 17.5. The summed E-state index contributed by atoms with van der Waals surface area (Å²) in [6.07, 6.45) is -3.35. The summed E-state index contributed by atoms with van der Waals surface area (Å²) in [5, 5.41) is 0.708. The van der Waals surface area contributed by atoms with Crippen molar-refractivity contribution in [2.24, 2.45) is 5.92 Å². The first kappa shape index (κ1) is 38.9. The Morgan fingerprint density at radius 2 is 1.62 bits per heavy atom. The Kier molecular flexibility index (Phi) is 11.8. The van der Waals surface area contributed by atoms with Crippen LogP contribution in [0.4, 0.5) is 38.1 Å². The van der Waals surface area contributed by atoms with Crippen molar-refractivity contribution in [1.82, 2.24) is 15.0 Å². The van der Waals surface area contributed by atoms with E-state index in [1.54, 1.807) is 12.1 Å². The number of ether oxygens (including phenoxy) is 2. The predicted octanol–water partition coefficient (Wildman–Crippen LogP) is 8.28. The van der Waals surface area contributed by atoms with E-state index in [-0.39, 0.29) is 42.4 Å². The Bertz CT molecular complexity index is 1940. The lowest BCUT2D eigenvalue weighted by Crippen LogP contribution is -2.33. The zero-order valence-corrected chi connectivity index (χ0v) is 30.1. The number of sulfone groups is 1. The van der Waals surface area contributed by atoms with Gasteiger partial charge in [0.05, 0.1) is 42.1 Å². The second kappa shape index (κ2) is 15.7.